The third-order valence-corrected chi connectivity index (χ3v) is 4.93. The Balaban J connectivity index is 1.53. The van der Waals surface area contributed by atoms with Crippen molar-refractivity contribution in [1.82, 2.24) is 10.2 Å². The van der Waals surface area contributed by atoms with Gasteiger partial charge in [-0.25, -0.2) is 0 Å². The maximum absolute atomic E-state index is 12.6. The lowest BCUT2D eigenvalue weighted by atomic mass is 10.1. The molecule has 0 fully saturated rings. The molecule has 4 aromatic rings. The molecule has 0 aliphatic heterocycles. The van der Waals surface area contributed by atoms with Crippen LogP contribution < -0.4 is 10.6 Å². The van der Waals surface area contributed by atoms with Gasteiger partial charge in [0.05, 0.1) is 10.4 Å². The van der Waals surface area contributed by atoms with E-state index >= 15 is 0 Å². The minimum Gasteiger partial charge on any atom is -0.321 e. The second kappa shape index (κ2) is 7.05. The number of carbonyl (C=O) groups is 2. The average molecular weight is 376 g/mol. The number of hydrogen-bond acceptors (Lipinski definition) is 4. The van der Waals surface area contributed by atoms with Gasteiger partial charge >= 0.3 is 0 Å². The van der Waals surface area contributed by atoms with Crippen molar-refractivity contribution >= 4 is 45.4 Å². The molecule has 2 heterocycles. The second-order valence-electron chi connectivity index (χ2n) is 6.09. The maximum atomic E-state index is 12.6. The fraction of sp³-hybridized carbons (Fsp3) is 0.0500. The van der Waals surface area contributed by atoms with Crippen molar-refractivity contribution < 1.29 is 9.59 Å². The molecule has 0 aliphatic rings. The van der Waals surface area contributed by atoms with Crippen molar-refractivity contribution in [1.29, 1.82) is 0 Å². The van der Waals surface area contributed by atoms with E-state index in [1.165, 1.54) is 11.3 Å². The number of aryl methyl sites for hydroxylation is 1. The fourth-order valence-electron chi connectivity index (χ4n) is 2.77. The maximum Gasteiger partial charge on any atom is 0.276 e. The first-order valence-electron chi connectivity index (χ1n) is 8.31. The summed E-state index contributed by atoms with van der Waals surface area (Å²) in [7, 11) is 0. The van der Waals surface area contributed by atoms with Crippen LogP contribution in [0.4, 0.5) is 11.4 Å². The van der Waals surface area contributed by atoms with E-state index in [-0.39, 0.29) is 11.8 Å². The topological polar surface area (TPSA) is 86.9 Å². The van der Waals surface area contributed by atoms with Crippen LogP contribution in [0.2, 0.25) is 0 Å². The molecule has 2 amide bonds. The van der Waals surface area contributed by atoms with Gasteiger partial charge in [0, 0.05) is 16.8 Å². The summed E-state index contributed by atoms with van der Waals surface area (Å²) in [4.78, 5) is 25.4. The van der Waals surface area contributed by atoms with Crippen LogP contribution in [-0.2, 0) is 0 Å². The molecule has 0 radical (unpaired) electrons. The van der Waals surface area contributed by atoms with Crippen molar-refractivity contribution in [3.63, 3.8) is 0 Å². The fourth-order valence-corrected chi connectivity index (χ4v) is 3.39. The smallest absolute Gasteiger partial charge is 0.276 e. The normalized spacial score (nSPS) is 10.7. The van der Waals surface area contributed by atoms with Gasteiger partial charge in [-0.15, -0.1) is 11.3 Å². The highest BCUT2D eigenvalue weighted by Gasteiger charge is 2.15. The highest BCUT2D eigenvalue weighted by molar-refractivity contribution is 7.12. The first-order valence-corrected chi connectivity index (χ1v) is 9.19. The van der Waals surface area contributed by atoms with Gasteiger partial charge in [0.15, 0.2) is 5.69 Å². The molecule has 134 valence electrons. The zero-order valence-corrected chi connectivity index (χ0v) is 15.3. The Labute approximate surface area is 159 Å². The SMILES string of the molecule is Cc1ccc2[nH]nc(C(=O)Nc3cccc(NC(=O)c4cccs4)c3)c2c1. The number of thiophene rings is 1. The third kappa shape index (κ3) is 3.58. The molecule has 0 atom stereocenters. The van der Waals surface area contributed by atoms with Gasteiger partial charge < -0.3 is 10.6 Å². The Morgan fingerprint density at radius 3 is 2.48 bits per heavy atom. The summed E-state index contributed by atoms with van der Waals surface area (Å²) >= 11 is 1.37. The third-order valence-electron chi connectivity index (χ3n) is 4.06. The first-order chi connectivity index (χ1) is 13.1. The number of fused-ring (bicyclic) bond motifs is 1. The summed E-state index contributed by atoms with van der Waals surface area (Å²) in [5.41, 5.74) is 3.38. The Morgan fingerprint density at radius 1 is 0.963 bits per heavy atom. The Morgan fingerprint density at radius 2 is 1.74 bits per heavy atom. The molecular weight excluding hydrogens is 360 g/mol. The molecule has 0 saturated heterocycles. The number of nitrogens with one attached hydrogen (secondary N) is 3. The van der Waals surface area contributed by atoms with Gasteiger partial charge in [-0.2, -0.15) is 5.10 Å². The van der Waals surface area contributed by atoms with Crippen LogP contribution in [-0.4, -0.2) is 22.0 Å². The van der Waals surface area contributed by atoms with E-state index < -0.39 is 0 Å². The number of hydrogen-bond donors (Lipinski definition) is 3. The van der Waals surface area contributed by atoms with Crippen LogP contribution in [0, 0.1) is 6.92 Å². The molecule has 0 unspecified atom stereocenters. The second-order valence-corrected chi connectivity index (χ2v) is 7.04. The van der Waals surface area contributed by atoms with Gasteiger partial charge in [0.2, 0.25) is 0 Å². The Bertz CT molecular complexity index is 1130. The highest BCUT2D eigenvalue weighted by atomic mass is 32.1. The molecule has 0 saturated carbocycles. The van der Waals surface area contributed by atoms with Crippen LogP contribution in [0.25, 0.3) is 10.9 Å². The lowest BCUT2D eigenvalue weighted by molar-refractivity contribution is 0.101. The van der Waals surface area contributed by atoms with Crippen molar-refractivity contribution in [3.05, 3.63) is 76.1 Å². The largest absolute Gasteiger partial charge is 0.321 e. The van der Waals surface area contributed by atoms with Crippen molar-refractivity contribution in [2.75, 3.05) is 10.6 Å². The Hall–Kier alpha value is -3.45. The number of nitrogens with zero attached hydrogens (tertiary/aromatic N) is 1. The van der Waals surface area contributed by atoms with E-state index in [1.807, 2.05) is 36.6 Å². The van der Waals surface area contributed by atoms with E-state index in [0.29, 0.717) is 21.9 Å². The lowest BCUT2D eigenvalue weighted by Gasteiger charge is -2.08. The number of benzene rings is 2. The van der Waals surface area contributed by atoms with E-state index in [9.17, 15) is 9.59 Å². The summed E-state index contributed by atoms with van der Waals surface area (Å²) in [5, 5.41) is 15.3. The molecule has 6 nitrogen and oxygen atoms in total. The quantitative estimate of drug-likeness (QED) is 0.492. The molecule has 2 aromatic carbocycles. The molecule has 4 rings (SSSR count). The first kappa shape index (κ1) is 17.0. The van der Waals surface area contributed by atoms with E-state index in [2.05, 4.69) is 20.8 Å². The van der Waals surface area contributed by atoms with Crippen LogP contribution >= 0.6 is 11.3 Å². The number of H-pyrrole nitrogens is 1. The minimum atomic E-state index is -0.311. The molecule has 0 aliphatic carbocycles. The number of amides is 2. The summed E-state index contributed by atoms with van der Waals surface area (Å²) in [6.07, 6.45) is 0. The average Bonchev–Trinajstić information content (AvgIpc) is 3.31. The van der Waals surface area contributed by atoms with Crippen LogP contribution in [0.1, 0.15) is 25.7 Å². The van der Waals surface area contributed by atoms with Crippen LogP contribution in [0.5, 0.6) is 0 Å². The van der Waals surface area contributed by atoms with Gasteiger partial charge in [0.25, 0.3) is 11.8 Å². The van der Waals surface area contributed by atoms with Crippen molar-refractivity contribution in [2.45, 2.75) is 6.92 Å². The zero-order chi connectivity index (χ0) is 18.8. The number of rotatable bonds is 4. The number of carbonyl (C=O) groups excluding carboxylic acids is 2. The van der Waals surface area contributed by atoms with Crippen molar-refractivity contribution in [3.8, 4) is 0 Å². The molecule has 27 heavy (non-hydrogen) atoms. The number of aromatic nitrogens is 2. The summed E-state index contributed by atoms with van der Waals surface area (Å²) in [6, 6.07) is 16.4. The molecular formula is C20H16N4O2S. The Kier molecular flexibility index (Phi) is 4.43. The predicted molar refractivity (Wildman–Crippen MR) is 107 cm³/mol. The van der Waals surface area contributed by atoms with Gasteiger partial charge in [-0.3, -0.25) is 14.7 Å². The van der Waals surface area contributed by atoms with E-state index in [1.54, 1.807) is 30.3 Å². The van der Waals surface area contributed by atoms with Gasteiger partial charge in [-0.05, 0) is 48.7 Å². The monoisotopic (exact) mass is 376 g/mol. The summed E-state index contributed by atoms with van der Waals surface area (Å²) in [5.74, 6) is -0.490. The van der Waals surface area contributed by atoms with Crippen molar-refractivity contribution in [2.24, 2.45) is 0 Å². The number of aromatic amines is 1. The molecule has 0 spiro atoms. The number of anilines is 2. The summed E-state index contributed by atoms with van der Waals surface area (Å²) in [6.45, 7) is 1.97. The predicted octanol–water partition coefficient (Wildman–Crippen LogP) is 4.44. The standard InChI is InChI=1S/C20H16N4O2S/c1-12-7-8-16-15(10-12)18(24-23-16)20(26)22-14-5-2-4-13(11-14)21-19(25)17-6-3-9-27-17/h2-11H,1H3,(H,21,25)(H,22,26)(H,23,24). The van der Waals surface area contributed by atoms with E-state index in [0.717, 1.165) is 16.5 Å². The summed E-state index contributed by atoms with van der Waals surface area (Å²) < 4.78 is 0. The lowest BCUT2D eigenvalue weighted by Crippen LogP contribution is -2.14. The molecule has 2 aromatic heterocycles. The minimum absolute atomic E-state index is 0.178. The molecule has 0 bridgehead atoms. The molecule has 7 heteroatoms. The molecule has 3 N–H and O–H groups in total. The van der Waals surface area contributed by atoms with Crippen LogP contribution in [0.15, 0.2) is 60.0 Å². The zero-order valence-electron chi connectivity index (χ0n) is 14.4. The van der Waals surface area contributed by atoms with Crippen LogP contribution in [0.3, 0.4) is 0 Å². The highest BCUT2D eigenvalue weighted by Crippen LogP contribution is 2.21. The van der Waals surface area contributed by atoms with Gasteiger partial charge in [0.1, 0.15) is 0 Å². The van der Waals surface area contributed by atoms with E-state index in [4.69, 9.17) is 0 Å². The van der Waals surface area contributed by atoms with Gasteiger partial charge in [-0.1, -0.05) is 23.8 Å².